The van der Waals surface area contributed by atoms with Crippen LogP contribution < -0.4 is 10.6 Å². The first-order valence-electron chi connectivity index (χ1n) is 10.8. The van der Waals surface area contributed by atoms with Crippen molar-refractivity contribution in [1.82, 2.24) is 30.1 Å². The molecule has 3 aromatic rings. The van der Waals surface area contributed by atoms with E-state index in [-0.39, 0.29) is 12.3 Å². The predicted octanol–water partition coefficient (Wildman–Crippen LogP) is 1.83. The van der Waals surface area contributed by atoms with Gasteiger partial charge in [0.25, 0.3) is 0 Å². The summed E-state index contributed by atoms with van der Waals surface area (Å²) in [5, 5.41) is 16.1. The van der Waals surface area contributed by atoms with E-state index >= 15 is 0 Å². The summed E-state index contributed by atoms with van der Waals surface area (Å²) >= 11 is 0. The van der Waals surface area contributed by atoms with Crippen molar-refractivity contribution in [3.63, 3.8) is 0 Å². The van der Waals surface area contributed by atoms with Crippen molar-refractivity contribution < 1.29 is 14.7 Å². The van der Waals surface area contributed by atoms with E-state index in [2.05, 4.69) is 30.5 Å². The Morgan fingerprint density at radius 3 is 2.76 bits per heavy atom. The molecule has 3 rings (SSSR count). The second-order valence-electron chi connectivity index (χ2n) is 8.06. The number of aliphatic carboxylic acids is 1. The first-order chi connectivity index (χ1) is 15.9. The van der Waals surface area contributed by atoms with Crippen LogP contribution >= 0.6 is 0 Å². The highest BCUT2D eigenvalue weighted by Crippen LogP contribution is 2.27. The van der Waals surface area contributed by atoms with Crippen molar-refractivity contribution in [3.05, 3.63) is 47.9 Å². The molecular formula is C23H31N7O3. The van der Waals surface area contributed by atoms with Gasteiger partial charge in [0.2, 0.25) is 5.91 Å². The molecule has 0 saturated carbocycles. The summed E-state index contributed by atoms with van der Waals surface area (Å²) in [6.07, 6.45) is 3.99. The van der Waals surface area contributed by atoms with Crippen molar-refractivity contribution in [1.29, 1.82) is 0 Å². The molecule has 0 atom stereocenters. The van der Waals surface area contributed by atoms with Crippen molar-refractivity contribution in [2.75, 3.05) is 46.1 Å². The minimum absolute atomic E-state index is 0.0588. The number of amides is 1. The SMILES string of the molecule is CNCC(=O)N(C)CCN(C)Cc1c[nH]c2ncnc(Nc3cccc(CCC(=O)O)c3)c12. The molecule has 0 aliphatic heterocycles. The lowest BCUT2D eigenvalue weighted by Gasteiger charge is -2.22. The van der Waals surface area contributed by atoms with Gasteiger partial charge in [-0.15, -0.1) is 0 Å². The number of aromatic amines is 1. The van der Waals surface area contributed by atoms with Crippen LogP contribution in [0.5, 0.6) is 0 Å². The van der Waals surface area contributed by atoms with Gasteiger partial charge < -0.3 is 30.5 Å². The molecule has 0 aliphatic rings. The molecule has 2 aromatic heterocycles. The second-order valence-corrected chi connectivity index (χ2v) is 8.06. The fraction of sp³-hybridized carbons (Fsp3) is 0.391. The Balaban J connectivity index is 1.71. The zero-order valence-electron chi connectivity index (χ0n) is 19.3. The van der Waals surface area contributed by atoms with Crippen molar-refractivity contribution in [2.45, 2.75) is 19.4 Å². The summed E-state index contributed by atoms with van der Waals surface area (Å²) in [7, 11) is 5.58. The van der Waals surface area contributed by atoms with Gasteiger partial charge in [-0.1, -0.05) is 12.1 Å². The van der Waals surface area contributed by atoms with E-state index in [9.17, 15) is 9.59 Å². The number of fused-ring (bicyclic) bond motifs is 1. The molecule has 10 heteroatoms. The molecule has 0 radical (unpaired) electrons. The number of nitrogens with one attached hydrogen (secondary N) is 3. The summed E-state index contributed by atoms with van der Waals surface area (Å²) in [5.74, 6) is -0.0747. The largest absolute Gasteiger partial charge is 0.481 e. The van der Waals surface area contributed by atoms with Crippen LogP contribution in [-0.2, 0) is 22.6 Å². The van der Waals surface area contributed by atoms with Crippen LogP contribution in [-0.4, -0.2) is 82.5 Å². The van der Waals surface area contributed by atoms with E-state index in [1.807, 2.05) is 37.5 Å². The number of aromatic nitrogens is 3. The third kappa shape index (κ3) is 6.74. The Hall–Kier alpha value is -3.50. The number of benzene rings is 1. The van der Waals surface area contributed by atoms with E-state index in [0.717, 1.165) is 34.4 Å². The van der Waals surface area contributed by atoms with Gasteiger partial charge in [-0.2, -0.15) is 0 Å². The zero-order chi connectivity index (χ0) is 23.8. The van der Waals surface area contributed by atoms with Crippen LogP contribution in [0.25, 0.3) is 11.0 Å². The highest BCUT2D eigenvalue weighted by molar-refractivity contribution is 5.92. The maximum absolute atomic E-state index is 11.9. The van der Waals surface area contributed by atoms with Gasteiger partial charge >= 0.3 is 5.97 Å². The molecular weight excluding hydrogens is 422 g/mol. The molecule has 0 aliphatic carbocycles. The Kier molecular flexibility index (Phi) is 8.34. The van der Waals surface area contributed by atoms with Gasteiger partial charge in [-0.3, -0.25) is 9.59 Å². The van der Waals surface area contributed by atoms with E-state index in [0.29, 0.717) is 31.9 Å². The summed E-state index contributed by atoms with van der Waals surface area (Å²) in [4.78, 5) is 38.7. The minimum atomic E-state index is -0.815. The number of hydrogen-bond donors (Lipinski definition) is 4. The number of carbonyl (C=O) groups excluding carboxylic acids is 1. The van der Waals surface area contributed by atoms with Crippen LogP contribution in [0.2, 0.25) is 0 Å². The average molecular weight is 454 g/mol. The maximum atomic E-state index is 11.9. The van der Waals surface area contributed by atoms with Crippen molar-refractivity contribution in [3.8, 4) is 0 Å². The molecule has 0 bridgehead atoms. The smallest absolute Gasteiger partial charge is 0.303 e. The van der Waals surface area contributed by atoms with Crippen LogP contribution in [0.1, 0.15) is 17.5 Å². The van der Waals surface area contributed by atoms with Crippen molar-refractivity contribution >= 4 is 34.4 Å². The molecule has 4 N–H and O–H groups in total. The number of carbonyl (C=O) groups is 2. The lowest BCUT2D eigenvalue weighted by atomic mass is 10.1. The Bertz CT molecular complexity index is 1100. The van der Waals surface area contributed by atoms with Gasteiger partial charge in [-0.25, -0.2) is 9.97 Å². The highest BCUT2D eigenvalue weighted by Gasteiger charge is 2.14. The number of aryl methyl sites for hydroxylation is 1. The Morgan fingerprint density at radius 2 is 2.00 bits per heavy atom. The van der Waals surface area contributed by atoms with E-state index in [1.165, 1.54) is 6.33 Å². The molecule has 1 amide bonds. The summed E-state index contributed by atoms with van der Waals surface area (Å²) in [6.45, 7) is 2.34. The lowest BCUT2D eigenvalue weighted by molar-refractivity contribution is -0.137. The third-order valence-corrected chi connectivity index (χ3v) is 5.38. The van der Waals surface area contributed by atoms with Gasteiger partial charge in [0.1, 0.15) is 17.8 Å². The highest BCUT2D eigenvalue weighted by atomic mass is 16.4. The number of likely N-dealkylation sites (N-methyl/N-ethyl adjacent to an activating group) is 3. The molecule has 1 aromatic carbocycles. The lowest BCUT2D eigenvalue weighted by Crippen LogP contribution is -2.38. The molecule has 33 heavy (non-hydrogen) atoms. The van der Waals surface area contributed by atoms with Crippen LogP contribution in [0.4, 0.5) is 11.5 Å². The molecule has 0 spiro atoms. The normalized spacial score (nSPS) is 11.2. The quantitative estimate of drug-likeness (QED) is 0.327. The molecule has 0 unspecified atom stereocenters. The van der Waals surface area contributed by atoms with Crippen LogP contribution in [0, 0.1) is 0 Å². The third-order valence-electron chi connectivity index (χ3n) is 5.38. The zero-order valence-corrected chi connectivity index (χ0v) is 19.3. The standard InChI is InChI=1S/C23H31N7O3/c1-24-13-19(31)30(3)10-9-29(2)14-17-12-25-22-21(17)23(27-15-26-22)28-18-6-4-5-16(11-18)7-8-20(32)33/h4-6,11-12,15,24H,7-10,13-14H2,1-3H3,(H,32,33)(H2,25,26,27,28). The number of H-pyrrole nitrogens is 1. The number of anilines is 2. The van der Waals surface area contributed by atoms with Crippen LogP contribution in [0.3, 0.4) is 0 Å². The minimum Gasteiger partial charge on any atom is -0.481 e. The van der Waals surface area contributed by atoms with Gasteiger partial charge in [-0.05, 0) is 43.8 Å². The average Bonchev–Trinajstić information content (AvgIpc) is 3.20. The molecule has 0 fully saturated rings. The first kappa shape index (κ1) is 24.1. The number of nitrogens with zero attached hydrogens (tertiary/aromatic N) is 4. The van der Waals surface area contributed by atoms with Gasteiger partial charge in [0, 0.05) is 45.0 Å². The summed E-state index contributed by atoms with van der Waals surface area (Å²) < 4.78 is 0. The Labute approximate surface area is 193 Å². The second kappa shape index (κ2) is 11.4. The number of hydrogen-bond acceptors (Lipinski definition) is 7. The van der Waals surface area contributed by atoms with Gasteiger partial charge in [0.15, 0.2) is 0 Å². The van der Waals surface area contributed by atoms with E-state index < -0.39 is 5.97 Å². The molecule has 0 saturated heterocycles. The number of carboxylic acids is 1. The fourth-order valence-corrected chi connectivity index (χ4v) is 3.54. The van der Waals surface area contributed by atoms with Crippen molar-refractivity contribution in [2.24, 2.45) is 0 Å². The van der Waals surface area contributed by atoms with E-state index in [4.69, 9.17) is 5.11 Å². The predicted molar refractivity (Wildman–Crippen MR) is 127 cm³/mol. The van der Waals surface area contributed by atoms with Gasteiger partial charge in [0.05, 0.1) is 11.9 Å². The van der Waals surface area contributed by atoms with Crippen LogP contribution in [0.15, 0.2) is 36.8 Å². The molecule has 176 valence electrons. The summed E-state index contributed by atoms with van der Waals surface area (Å²) in [5.41, 5.74) is 3.56. The number of rotatable bonds is 12. The fourth-order valence-electron chi connectivity index (χ4n) is 3.54. The van der Waals surface area contributed by atoms with E-state index in [1.54, 1.807) is 19.0 Å². The monoisotopic (exact) mass is 453 g/mol. The maximum Gasteiger partial charge on any atom is 0.303 e. The number of carboxylic acid groups (broad SMARTS) is 1. The molecule has 2 heterocycles. The summed E-state index contributed by atoms with van der Waals surface area (Å²) in [6, 6.07) is 7.68. The molecule has 10 nitrogen and oxygen atoms in total. The topological polar surface area (TPSA) is 126 Å². The Morgan fingerprint density at radius 1 is 1.18 bits per heavy atom. The first-order valence-corrected chi connectivity index (χ1v) is 10.8.